The molecule has 1 aromatic heterocycles. The molecule has 3 rings (SSSR count). The average molecular weight is 284 g/mol. The van der Waals surface area contributed by atoms with Crippen LogP contribution < -0.4 is 10.5 Å². The van der Waals surface area contributed by atoms with Crippen LogP contribution in [-0.2, 0) is 13.2 Å². The Hall–Kier alpha value is -2.49. The number of hydrogen-bond acceptors (Lipinski definition) is 2. The topological polar surface area (TPSA) is 40.2 Å². The lowest BCUT2D eigenvalue weighted by Crippen LogP contribution is -2.05. The number of anilines is 1. The van der Waals surface area contributed by atoms with Gasteiger partial charge in [-0.15, -0.1) is 0 Å². The largest absolute Gasteiger partial charge is 0.484 e. The standard InChI is InChI=1S/C17H17FN2O/c1-2-20-14(9-12-7-8-13(19)10-16(12)20)11-21-17-6-4-3-5-15(17)18/h3-10H,2,11,19H2,1H3. The van der Waals surface area contributed by atoms with E-state index in [-0.39, 0.29) is 11.6 Å². The number of para-hydroxylation sites is 1. The number of nitrogens with zero attached hydrogens (tertiary/aromatic N) is 1. The van der Waals surface area contributed by atoms with E-state index in [4.69, 9.17) is 10.5 Å². The summed E-state index contributed by atoms with van der Waals surface area (Å²) in [4.78, 5) is 0. The van der Waals surface area contributed by atoms with E-state index in [2.05, 4.69) is 17.6 Å². The Kier molecular flexibility index (Phi) is 3.52. The molecule has 2 aromatic carbocycles. The maximum absolute atomic E-state index is 13.6. The molecule has 108 valence electrons. The summed E-state index contributed by atoms with van der Waals surface area (Å²) in [6.45, 7) is 3.20. The Morgan fingerprint density at radius 2 is 1.95 bits per heavy atom. The summed E-state index contributed by atoms with van der Waals surface area (Å²) in [7, 11) is 0. The van der Waals surface area contributed by atoms with Gasteiger partial charge in [-0.25, -0.2) is 4.39 Å². The number of aryl methyl sites for hydroxylation is 1. The van der Waals surface area contributed by atoms with Crippen LogP contribution in [0.5, 0.6) is 5.75 Å². The second-order valence-electron chi connectivity index (χ2n) is 4.92. The molecule has 0 spiro atoms. The van der Waals surface area contributed by atoms with E-state index >= 15 is 0 Å². The van der Waals surface area contributed by atoms with Crippen molar-refractivity contribution >= 4 is 16.6 Å². The Balaban J connectivity index is 1.92. The molecule has 0 bridgehead atoms. The summed E-state index contributed by atoms with van der Waals surface area (Å²) in [5, 5.41) is 1.11. The first kappa shape index (κ1) is 13.5. The fourth-order valence-electron chi connectivity index (χ4n) is 2.54. The molecule has 0 amide bonds. The van der Waals surface area contributed by atoms with Crippen molar-refractivity contribution in [2.75, 3.05) is 5.73 Å². The first-order valence-corrected chi connectivity index (χ1v) is 6.94. The highest BCUT2D eigenvalue weighted by molar-refractivity contribution is 5.84. The van der Waals surface area contributed by atoms with Crippen LogP contribution in [0.15, 0.2) is 48.5 Å². The molecule has 0 aliphatic rings. The highest BCUT2D eigenvalue weighted by atomic mass is 19.1. The Labute approximate surface area is 122 Å². The summed E-state index contributed by atoms with van der Waals surface area (Å²) in [6, 6.07) is 14.3. The fraction of sp³-hybridized carbons (Fsp3) is 0.176. The van der Waals surface area contributed by atoms with Crippen molar-refractivity contribution in [1.82, 2.24) is 4.57 Å². The average Bonchev–Trinajstić information content (AvgIpc) is 2.83. The molecule has 4 heteroatoms. The van der Waals surface area contributed by atoms with E-state index in [1.807, 2.05) is 18.2 Å². The minimum atomic E-state index is -0.346. The van der Waals surface area contributed by atoms with Crippen molar-refractivity contribution in [1.29, 1.82) is 0 Å². The predicted octanol–water partition coefficient (Wildman–Crippen LogP) is 3.96. The number of ether oxygens (including phenoxy) is 1. The maximum Gasteiger partial charge on any atom is 0.165 e. The monoisotopic (exact) mass is 284 g/mol. The summed E-state index contributed by atoms with van der Waals surface area (Å²) in [5.74, 6) is -0.0779. The van der Waals surface area contributed by atoms with Gasteiger partial charge in [-0.3, -0.25) is 0 Å². The molecule has 0 aliphatic heterocycles. The Morgan fingerprint density at radius 1 is 1.14 bits per heavy atom. The summed E-state index contributed by atoms with van der Waals surface area (Å²) in [5.41, 5.74) is 8.66. The van der Waals surface area contributed by atoms with Crippen molar-refractivity contribution in [3.05, 3.63) is 60.0 Å². The first-order valence-electron chi connectivity index (χ1n) is 6.94. The molecule has 0 atom stereocenters. The SMILES string of the molecule is CCn1c(COc2ccccc2F)cc2ccc(N)cc21. The lowest BCUT2D eigenvalue weighted by Gasteiger charge is -2.10. The van der Waals surface area contributed by atoms with Crippen molar-refractivity contribution in [3.63, 3.8) is 0 Å². The quantitative estimate of drug-likeness (QED) is 0.737. The highest BCUT2D eigenvalue weighted by Gasteiger charge is 2.09. The zero-order valence-electron chi connectivity index (χ0n) is 11.8. The Bertz CT molecular complexity index is 780. The van der Waals surface area contributed by atoms with E-state index < -0.39 is 0 Å². The zero-order valence-corrected chi connectivity index (χ0v) is 11.8. The molecule has 21 heavy (non-hydrogen) atoms. The molecule has 2 N–H and O–H groups in total. The second-order valence-corrected chi connectivity index (χ2v) is 4.92. The third kappa shape index (κ3) is 2.57. The van der Waals surface area contributed by atoms with Crippen LogP contribution in [0.4, 0.5) is 10.1 Å². The van der Waals surface area contributed by atoms with Crippen LogP contribution in [0, 0.1) is 5.82 Å². The van der Waals surface area contributed by atoms with Crippen molar-refractivity contribution in [2.45, 2.75) is 20.1 Å². The van der Waals surface area contributed by atoms with Gasteiger partial charge in [-0.2, -0.15) is 0 Å². The third-order valence-electron chi connectivity index (χ3n) is 3.54. The highest BCUT2D eigenvalue weighted by Crippen LogP contribution is 2.24. The van der Waals surface area contributed by atoms with E-state index in [1.54, 1.807) is 18.2 Å². The summed E-state index contributed by atoms with van der Waals surface area (Å²) >= 11 is 0. The van der Waals surface area contributed by atoms with E-state index in [1.165, 1.54) is 6.07 Å². The molecule has 0 fully saturated rings. The van der Waals surface area contributed by atoms with Crippen LogP contribution in [0.2, 0.25) is 0 Å². The first-order chi connectivity index (χ1) is 10.2. The smallest absolute Gasteiger partial charge is 0.165 e. The van der Waals surface area contributed by atoms with Crippen LogP contribution in [-0.4, -0.2) is 4.57 Å². The van der Waals surface area contributed by atoms with Gasteiger partial charge in [-0.05, 0) is 37.3 Å². The summed E-state index contributed by atoms with van der Waals surface area (Å²) < 4.78 is 21.3. The molecule has 0 saturated carbocycles. The molecule has 0 saturated heterocycles. The van der Waals surface area contributed by atoms with Crippen LogP contribution in [0.1, 0.15) is 12.6 Å². The van der Waals surface area contributed by atoms with Crippen LogP contribution in [0.25, 0.3) is 10.9 Å². The van der Waals surface area contributed by atoms with E-state index in [0.717, 1.165) is 28.8 Å². The van der Waals surface area contributed by atoms with Crippen LogP contribution in [0.3, 0.4) is 0 Å². The Morgan fingerprint density at radius 3 is 2.71 bits per heavy atom. The number of hydrogen-bond donors (Lipinski definition) is 1. The lowest BCUT2D eigenvalue weighted by atomic mass is 10.2. The number of nitrogen functional groups attached to an aromatic ring is 1. The van der Waals surface area contributed by atoms with Gasteiger partial charge in [0, 0.05) is 17.6 Å². The van der Waals surface area contributed by atoms with Gasteiger partial charge in [0.25, 0.3) is 0 Å². The zero-order chi connectivity index (χ0) is 14.8. The number of nitrogens with two attached hydrogens (primary N) is 1. The van der Waals surface area contributed by atoms with Gasteiger partial charge in [0.05, 0.1) is 11.2 Å². The lowest BCUT2D eigenvalue weighted by molar-refractivity contribution is 0.281. The molecular formula is C17H17FN2O. The van der Waals surface area contributed by atoms with E-state index in [0.29, 0.717) is 6.61 Å². The fourth-order valence-corrected chi connectivity index (χ4v) is 2.54. The molecule has 1 heterocycles. The van der Waals surface area contributed by atoms with Gasteiger partial charge in [0.15, 0.2) is 11.6 Å². The van der Waals surface area contributed by atoms with E-state index in [9.17, 15) is 4.39 Å². The van der Waals surface area contributed by atoms with Crippen molar-refractivity contribution in [3.8, 4) is 5.75 Å². The number of halogens is 1. The number of aromatic nitrogens is 1. The van der Waals surface area contributed by atoms with Gasteiger partial charge in [0.1, 0.15) is 6.61 Å². The number of fused-ring (bicyclic) bond motifs is 1. The predicted molar refractivity (Wildman–Crippen MR) is 82.8 cm³/mol. The molecular weight excluding hydrogens is 267 g/mol. The summed E-state index contributed by atoms with van der Waals surface area (Å²) in [6.07, 6.45) is 0. The minimum absolute atomic E-state index is 0.268. The molecule has 3 aromatic rings. The maximum atomic E-state index is 13.6. The normalized spacial score (nSPS) is 11.0. The van der Waals surface area contributed by atoms with Gasteiger partial charge >= 0.3 is 0 Å². The molecule has 0 radical (unpaired) electrons. The minimum Gasteiger partial charge on any atom is -0.484 e. The number of benzene rings is 2. The molecule has 0 aliphatic carbocycles. The number of rotatable bonds is 4. The van der Waals surface area contributed by atoms with Gasteiger partial charge in [0.2, 0.25) is 0 Å². The van der Waals surface area contributed by atoms with Gasteiger partial charge < -0.3 is 15.0 Å². The molecule has 3 nitrogen and oxygen atoms in total. The van der Waals surface area contributed by atoms with Crippen molar-refractivity contribution in [2.24, 2.45) is 0 Å². The third-order valence-corrected chi connectivity index (χ3v) is 3.54. The van der Waals surface area contributed by atoms with Crippen molar-refractivity contribution < 1.29 is 9.13 Å². The second kappa shape index (κ2) is 5.48. The molecule has 0 unspecified atom stereocenters. The van der Waals surface area contributed by atoms with Crippen LogP contribution >= 0.6 is 0 Å². The van der Waals surface area contributed by atoms with Gasteiger partial charge in [-0.1, -0.05) is 18.2 Å².